The van der Waals surface area contributed by atoms with E-state index in [1.807, 2.05) is 0 Å². The molecule has 0 saturated heterocycles. The van der Waals surface area contributed by atoms with Crippen LogP contribution in [0.4, 0.5) is 19.0 Å². The highest BCUT2D eigenvalue weighted by atomic mass is 19.4. The van der Waals surface area contributed by atoms with Gasteiger partial charge < -0.3 is 21.5 Å². The van der Waals surface area contributed by atoms with Gasteiger partial charge in [-0.1, -0.05) is 24.3 Å². The largest absolute Gasteiger partial charge is 0.491 e. The van der Waals surface area contributed by atoms with E-state index in [1.165, 1.54) is 30.5 Å². The Kier molecular flexibility index (Phi) is 7.09. The first-order valence-corrected chi connectivity index (χ1v) is 9.69. The van der Waals surface area contributed by atoms with E-state index in [0.29, 0.717) is 16.8 Å². The second-order valence-corrected chi connectivity index (χ2v) is 7.05. The maximum atomic E-state index is 12.5. The van der Waals surface area contributed by atoms with Gasteiger partial charge in [0.1, 0.15) is 5.75 Å². The molecule has 0 atom stereocenters. The summed E-state index contributed by atoms with van der Waals surface area (Å²) in [4.78, 5) is 42.8. The van der Waals surface area contributed by atoms with E-state index in [-0.39, 0.29) is 30.2 Å². The first kappa shape index (κ1) is 24.2. The molecule has 5 N–H and O–H groups in total. The first-order chi connectivity index (χ1) is 16.0. The number of nitrogens with one attached hydrogen (secondary N) is 1. The number of amides is 2. The molecular weight excluding hydrogens is 455 g/mol. The summed E-state index contributed by atoms with van der Waals surface area (Å²) < 4.78 is 41.0. The lowest BCUT2D eigenvalue weighted by molar-refractivity contribution is -0.189. The van der Waals surface area contributed by atoms with Gasteiger partial charge in [0.25, 0.3) is 11.8 Å². The van der Waals surface area contributed by atoms with Crippen molar-refractivity contribution in [1.29, 1.82) is 0 Å². The predicted octanol–water partition coefficient (Wildman–Crippen LogP) is 2.15. The standard InChI is InChI=1S/C22H18F3N5O4/c23-22(24,25)21(33)34-16-6-4-12(5-7-16)10-29-20(32)14-3-1-2-13(8-14)9-15-11-28-18(26)17(30-15)19(27)31/h1-8,11H,9-10H2,(H2,26,28)(H2,27,31)(H,29,32). The Morgan fingerprint density at radius 2 is 1.74 bits per heavy atom. The molecule has 176 valence electrons. The zero-order chi connectivity index (χ0) is 24.9. The Morgan fingerprint density at radius 3 is 2.38 bits per heavy atom. The van der Waals surface area contributed by atoms with Crippen LogP contribution in [0.25, 0.3) is 0 Å². The number of esters is 1. The minimum Gasteiger partial charge on any atom is -0.420 e. The van der Waals surface area contributed by atoms with Crippen molar-refractivity contribution in [3.63, 3.8) is 0 Å². The van der Waals surface area contributed by atoms with Crippen molar-refractivity contribution in [3.8, 4) is 5.75 Å². The number of nitrogens with zero attached hydrogens (tertiary/aromatic N) is 2. The third-order valence-corrected chi connectivity index (χ3v) is 4.48. The Labute approximate surface area is 190 Å². The summed E-state index contributed by atoms with van der Waals surface area (Å²) >= 11 is 0. The summed E-state index contributed by atoms with van der Waals surface area (Å²) in [5.74, 6) is -3.85. The minimum atomic E-state index is -5.09. The van der Waals surface area contributed by atoms with Crippen LogP contribution in [0.2, 0.25) is 0 Å². The maximum Gasteiger partial charge on any atom is 0.491 e. The van der Waals surface area contributed by atoms with E-state index >= 15 is 0 Å². The second kappa shape index (κ2) is 9.98. The number of carbonyl (C=O) groups is 3. The summed E-state index contributed by atoms with van der Waals surface area (Å²) in [7, 11) is 0. The highest BCUT2D eigenvalue weighted by Gasteiger charge is 2.41. The van der Waals surface area contributed by atoms with Crippen molar-refractivity contribution >= 4 is 23.6 Å². The van der Waals surface area contributed by atoms with E-state index in [1.54, 1.807) is 24.3 Å². The molecule has 12 heteroatoms. The van der Waals surface area contributed by atoms with Crippen molar-refractivity contribution < 1.29 is 32.3 Å². The van der Waals surface area contributed by atoms with Gasteiger partial charge in [0, 0.05) is 18.5 Å². The van der Waals surface area contributed by atoms with Gasteiger partial charge in [-0.2, -0.15) is 13.2 Å². The summed E-state index contributed by atoms with van der Waals surface area (Å²) in [6, 6.07) is 11.9. The van der Waals surface area contributed by atoms with Crippen LogP contribution in [0.5, 0.6) is 5.75 Å². The quantitative estimate of drug-likeness (QED) is 0.351. The number of nitrogens with two attached hydrogens (primary N) is 2. The summed E-state index contributed by atoms with van der Waals surface area (Å²) in [5.41, 5.74) is 12.8. The molecule has 0 aliphatic carbocycles. The topological polar surface area (TPSA) is 150 Å². The number of anilines is 1. The number of rotatable bonds is 7. The van der Waals surface area contributed by atoms with E-state index in [0.717, 1.165) is 5.56 Å². The van der Waals surface area contributed by atoms with Crippen LogP contribution in [0.3, 0.4) is 0 Å². The highest BCUT2D eigenvalue weighted by Crippen LogP contribution is 2.20. The molecule has 0 saturated carbocycles. The van der Waals surface area contributed by atoms with Crippen LogP contribution in [0, 0.1) is 0 Å². The average molecular weight is 473 g/mol. The van der Waals surface area contributed by atoms with Crippen LogP contribution in [0.15, 0.2) is 54.7 Å². The molecule has 34 heavy (non-hydrogen) atoms. The number of hydrogen-bond acceptors (Lipinski definition) is 7. The molecule has 0 bridgehead atoms. The number of carbonyl (C=O) groups excluding carboxylic acids is 3. The Morgan fingerprint density at radius 1 is 1.03 bits per heavy atom. The van der Waals surface area contributed by atoms with Gasteiger partial charge in [0.2, 0.25) is 0 Å². The summed E-state index contributed by atoms with van der Waals surface area (Å²) in [6.07, 6.45) is -3.41. The molecule has 0 unspecified atom stereocenters. The van der Waals surface area contributed by atoms with Crippen molar-refractivity contribution in [3.05, 3.63) is 82.8 Å². The van der Waals surface area contributed by atoms with E-state index < -0.39 is 24.0 Å². The van der Waals surface area contributed by atoms with E-state index in [9.17, 15) is 27.6 Å². The number of nitrogen functional groups attached to an aromatic ring is 1. The highest BCUT2D eigenvalue weighted by molar-refractivity contribution is 5.95. The number of hydrogen-bond donors (Lipinski definition) is 3. The van der Waals surface area contributed by atoms with Gasteiger partial charge in [-0.15, -0.1) is 0 Å². The molecule has 9 nitrogen and oxygen atoms in total. The zero-order valence-electron chi connectivity index (χ0n) is 17.4. The van der Waals surface area contributed by atoms with Gasteiger partial charge in [0.15, 0.2) is 11.5 Å². The molecule has 0 aliphatic heterocycles. The lowest BCUT2D eigenvalue weighted by Gasteiger charge is -2.09. The zero-order valence-corrected chi connectivity index (χ0v) is 17.4. The Hall–Kier alpha value is -4.48. The van der Waals surface area contributed by atoms with Gasteiger partial charge in [-0.05, 0) is 35.4 Å². The fourth-order valence-corrected chi connectivity index (χ4v) is 2.86. The number of ether oxygens (including phenoxy) is 1. The Bertz CT molecular complexity index is 1230. The van der Waals surface area contributed by atoms with Crippen LogP contribution in [-0.2, 0) is 17.8 Å². The van der Waals surface area contributed by atoms with Gasteiger partial charge in [-0.25, -0.2) is 14.8 Å². The van der Waals surface area contributed by atoms with Crippen LogP contribution >= 0.6 is 0 Å². The third kappa shape index (κ3) is 6.28. The van der Waals surface area contributed by atoms with Crippen molar-refractivity contribution in [2.24, 2.45) is 5.73 Å². The molecule has 0 spiro atoms. The van der Waals surface area contributed by atoms with Gasteiger partial charge >= 0.3 is 12.1 Å². The number of benzene rings is 2. The van der Waals surface area contributed by atoms with E-state index in [4.69, 9.17) is 11.5 Å². The van der Waals surface area contributed by atoms with E-state index in [2.05, 4.69) is 20.0 Å². The maximum absolute atomic E-state index is 12.5. The van der Waals surface area contributed by atoms with Crippen molar-refractivity contribution in [2.45, 2.75) is 19.1 Å². The SMILES string of the molecule is NC(=O)c1nc(Cc2cccc(C(=O)NCc3ccc(OC(=O)C(F)(F)F)cc3)c2)cnc1N. The third-order valence-electron chi connectivity index (χ3n) is 4.48. The Balaban J connectivity index is 1.61. The monoisotopic (exact) mass is 473 g/mol. The summed E-state index contributed by atoms with van der Waals surface area (Å²) in [6.45, 7) is 0.0853. The molecule has 3 aromatic rings. The lowest BCUT2D eigenvalue weighted by Crippen LogP contribution is -2.28. The van der Waals surface area contributed by atoms with Crippen LogP contribution < -0.4 is 21.5 Å². The van der Waals surface area contributed by atoms with Gasteiger partial charge in [0.05, 0.1) is 11.9 Å². The number of aromatic nitrogens is 2. The molecule has 3 rings (SSSR count). The molecule has 1 aromatic heterocycles. The van der Waals surface area contributed by atoms with Gasteiger partial charge in [-0.3, -0.25) is 9.59 Å². The number of primary amides is 1. The van der Waals surface area contributed by atoms with Crippen LogP contribution in [0.1, 0.15) is 37.7 Å². The molecule has 1 heterocycles. The molecule has 2 aromatic carbocycles. The fraction of sp³-hybridized carbons (Fsp3) is 0.136. The molecular formula is C22H18F3N5O4. The predicted molar refractivity (Wildman–Crippen MR) is 114 cm³/mol. The average Bonchev–Trinajstić information content (AvgIpc) is 2.79. The second-order valence-electron chi connectivity index (χ2n) is 7.05. The van der Waals surface area contributed by atoms with Crippen molar-refractivity contribution in [2.75, 3.05) is 5.73 Å². The van der Waals surface area contributed by atoms with Crippen molar-refractivity contribution in [1.82, 2.24) is 15.3 Å². The van der Waals surface area contributed by atoms with Crippen LogP contribution in [-0.4, -0.2) is 33.9 Å². The molecule has 0 aliphatic rings. The lowest BCUT2D eigenvalue weighted by atomic mass is 10.1. The fourth-order valence-electron chi connectivity index (χ4n) is 2.86. The first-order valence-electron chi connectivity index (χ1n) is 9.69. The number of alkyl halides is 3. The molecule has 2 amide bonds. The normalized spacial score (nSPS) is 11.0. The molecule has 0 fully saturated rings. The minimum absolute atomic E-state index is 0.0732. The smallest absolute Gasteiger partial charge is 0.420 e. The molecule has 0 radical (unpaired) electrons. The summed E-state index contributed by atoms with van der Waals surface area (Å²) in [5, 5.41) is 2.69. The number of halogens is 3.